The lowest BCUT2D eigenvalue weighted by Gasteiger charge is -2.14. The van der Waals surface area contributed by atoms with Gasteiger partial charge in [0.2, 0.25) is 17.7 Å². The van der Waals surface area contributed by atoms with Crippen molar-refractivity contribution in [2.45, 2.75) is 13.3 Å². The van der Waals surface area contributed by atoms with Gasteiger partial charge in [0.1, 0.15) is 0 Å². The van der Waals surface area contributed by atoms with Gasteiger partial charge in [-0.3, -0.25) is 14.7 Å². The number of rotatable bonds is 5. The highest BCUT2D eigenvalue weighted by atomic mass is 16.2. The quantitative estimate of drug-likeness (QED) is 0.609. The van der Waals surface area contributed by atoms with Crippen LogP contribution in [0.5, 0.6) is 0 Å². The molecule has 0 unspecified atom stereocenters. The Hall–Kier alpha value is -2.12. The topological polar surface area (TPSA) is 117 Å². The van der Waals surface area contributed by atoms with Crippen LogP contribution in [0, 0.1) is 0 Å². The maximum atomic E-state index is 11.7. The Labute approximate surface area is 98.6 Å². The molecule has 1 aromatic heterocycles. The summed E-state index contributed by atoms with van der Waals surface area (Å²) in [5, 5.41) is 8.61. The van der Waals surface area contributed by atoms with Gasteiger partial charge in [-0.05, 0) is 6.42 Å². The summed E-state index contributed by atoms with van der Waals surface area (Å²) in [6.07, 6.45) is 0.849. The lowest BCUT2D eigenvalue weighted by atomic mass is 10.4. The SMILES string of the molecule is CCCNC(=O)CN(C)C(=O)c1nc(N)n[nH]1. The molecule has 0 spiro atoms. The van der Waals surface area contributed by atoms with E-state index in [0.29, 0.717) is 6.54 Å². The van der Waals surface area contributed by atoms with Crippen molar-refractivity contribution in [2.75, 3.05) is 25.9 Å². The number of nitrogens with two attached hydrogens (primary N) is 1. The summed E-state index contributed by atoms with van der Waals surface area (Å²) in [4.78, 5) is 28.0. The van der Waals surface area contributed by atoms with E-state index in [4.69, 9.17) is 5.73 Å². The molecule has 0 bridgehead atoms. The maximum absolute atomic E-state index is 11.7. The minimum atomic E-state index is -0.430. The van der Waals surface area contributed by atoms with Crippen LogP contribution in [0.2, 0.25) is 0 Å². The van der Waals surface area contributed by atoms with E-state index in [2.05, 4.69) is 20.5 Å². The Morgan fingerprint density at radius 1 is 1.53 bits per heavy atom. The molecule has 0 atom stereocenters. The van der Waals surface area contributed by atoms with Crippen LogP contribution in [-0.2, 0) is 4.79 Å². The molecule has 0 aliphatic heterocycles. The van der Waals surface area contributed by atoms with Crippen LogP contribution in [0.4, 0.5) is 5.95 Å². The molecule has 0 aromatic carbocycles. The zero-order valence-corrected chi connectivity index (χ0v) is 9.86. The van der Waals surface area contributed by atoms with Crippen molar-refractivity contribution in [3.05, 3.63) is 5.82 Å². The van der Waals surface area contributed by atoms with Gasteiger partial charge >= 0.3 is 0 Å². The third-order valence-corrected chi connectivity index (χ3v) is 2.00. The van der Waals surface area contributed by atoms with Crippen LogP contribution in [0.25, 0.3) is 0 Å². The van der Waals surface area contributed by atoms with Crippen molar-refractivity contribution >= 4 is 17.8 Å². The molecule has 94 valence electrons. The number of carbonyl (C=O) groups excluding carboxylic acids is 2. The van der Waals surface area contributed by atoms with Crippen molar-refractivity contribution in [1.29, 1.82) is 0 Å². The fourth-order valence-corrected chi connectivity index (χ4v) is 1.16. The van der Waals surface area contributed by atoms with Crippen LogP contribution in [-0.4, -0.2) is 52.0 Å². The van der Waals surface area contributed by atoms with Gasteiger partial charge < -0.3 is 16.0 Å². The van der Waals surface area contributed by atoms with Crippen LogP contribution in [0.3, 0.4) is 0 Å². The van der Waals surface area contributed by atoms with Crippen LogP contribution in [0.15, 0.2) is 0 Å². The molecule has 1 heterocycles. The second-order valence-electron chi connectivity index (χ2n) is 3.55. The molecule has 2 amide bonds. The fraction of sp³-hybridized carbons (Fsp3) is 0.556. The molecule has 1 rings (SSSR count). The van der Waals surface area contributed by atoms with Gasteiger partial charge in [0.05, 0.1) is 6.54 Å². The molecule has 8 nitrogen and oxygen atoms in total. The second kappa shape index (κ2) is 5.83. The average molecular weight is 240 g/mol. The summed E-state index contributed by atoms with van der Waals surface area (Å²) < 4.78 is 0. The minimum Gasteiger partial charge on any atom is -0.366 e. The summed E-state index contributed by atoms with van der Waals surface area (Å²) in [6, 6.07) is 0. The third-order valence-electron chi connectivity index (χ3n) is 2.00. The van der Waals surface area contributed by atoms with Gasteiger partial charge in [-0.1, -0.05) is 6.92 Å². The van der Waals surface area contributed by atoms with Crippen molar-refractivity contribution in [3.63, 3.8) is 0 Å². The highest BCUT2D eigenvalue weighted by Crippen LogP contribution is 1.98. The molecule has 17 heavy (non-hydrogen) atoms. The zero-order chi connectivity index (χ0) is 12.8. The van der Waals surface area contributed by atoms with E-state index in [-0.39, 0.29) is 24.2 Å². The van der Waals surface area contributed by atoms with Crippen molar-refractivity contribution in [3.8, 4) is 0 Å². The Bertz CT molecular complexity index is 402. The molecule has 0 radical (unpaired) electrons. The number of nitrogens with one attached hydrogen (secondary N) is 2. The predicted octanol–water partition coefficient (Wildman–Crippen LogP) is -1.01. The predicted molar refractivity (Wildman–Crippen MR) is 61.1 cm³/mol. The molecule has 0 aliphatic rings. The highest BCUT2D eigenvalue weighted by Gasteiger charge is 2.17. The summed E-state index contributed by atoms with van der Waals surface area (Å²) in [7, 11) is 1.51. The number of nitrogens with zero attached hydrogens (tertiary/aromatic N) is 3. The molecule has 4 N–H and O–H groups in total. The molecular weight excluding hydrogens is 224 g/mol. The van der Waals surface area contributed by atoms with Gasteiger partial charge in [0.15, 0.2) is 0 Å². The van der Waals surface area contributed by atoms with E-state index in [1.807, 2.05) is 6.92 Å². The van der Waals surface area contributed by atoms with E-state index in [1.54, 1.807) is 0 Å². The lowest BCUT2D eigenvalue weighted by molar-refractivity contribution is -0.121. The number of H-pyrrole nitrogens is 1. The van der Waals surface area contributed by atoms with Crippen LogP contribution >= 0.6 is 0 Å². The minimum absolute atomic E-state index is 0.00261. The zero-order valence-electron chi connectivity index (χ0n) is 9.86. The van der Waals surface area contributed by atoms with E-state index in [1.165, 1.54) is 11.9 Å². The summed E-state index contributed by atoms with van der Waals surface area (Å²) >= 11 is 0. The number of amides is 2. The van der Waals surface area contributed by atoms with E-state index >= 15 is 0 Å². The standard InChI is InChI=1S/C9H16N6O2/c1-3-4-11-6(16)5-15(2)8(17)7-12-9(10)14-13-7/h3-5H2,1-2H3,(H,11,16)(H3,10,12,13,14). The van der Waals surface area contributed by atoms with Crippen LogP contribution < -0.4 is 11.1 Å². The maximum Gasteiger partial charge on any atom is 0.291 e. The molecule has 0 fully saturated rings. The number of nitrogen functional groups attached to an aromatic ring is 1. The normalized spacial score (nSPS) is 10.0. The molecule has 0 saturated heterocycles. The number of hydrogen-bond acceptors (Lipinski definition) is 5. The first-order chi connectivity index (χ1) is 8.04. The Balaban J connectivity index is 2.50. The first kappa shape index (κ1) is 12.9. The van der Waals surface area contributed by atoms with E-state index < -0.39 is 5.91 Å². The lowest BCUT2D eigenvalue weighted by Crippen LogP contribution is -2.38. The Morgan fingerprint density at radius 2 is 2.24 bits per heavy atom. The van der Waals surface area contributed by atoms with Crippen molar-refractivity contribution in [2.24, 2.45) is 0 Å². The van der Waals surface area contributed by atoms with Gasteiger partial charge in [0, 0.05) is 13.6 Å². The number of aromatic amines is 1. The van der Waals surface area contributed by atoms with Gasteiger partial charge in [-0.2, -0.15) is 4.98 Å². The Morgan fingerprint density at radius 3 is 2.76 bits per heavy atom. The molecule has 0 saturated carbocycles. The van der Waals surface area contributed by atoms with Crippen LogP contribution in [0.1, 0.15) is 24.0 Å². The highest BCUT2D eigenvalue weighted by molar-refractivity contribution is 5.93. The summed E-state index contributed by atoms with van der Waals surface area (Å²) in [6.45, 7) is 2.52. The van der Waals surface area contributed by atoms with Gasteiger partial charge in [-0.25, -0.2) is 0 Å². The first-order valence-electron chi connectivity index (χ1n) is 5.24. The fourth-order valence-electron chi connectivity index (χ4n) is 1.16. The average Bonchev–Trinajstić information content (AvgIpc) is 2.72. The summed E-state index contributed by atoms with van der Waals surface area (Å²) in [5.41, 5.74) is 5.28. The number of carbonyl (C=O) groups is 2. The van der Waals surface area contributed by atoms with E-state index in [0.717, 1.165) is 6.42 Å². The molecule has 8 heteroatoms. The third kappa shape index (κ3) is 3.74. The number of hydrogen-bond donors (Lipinski definition) is 3. The van der Waals surface area contributed by atoms with Crippen molar-refractivity contribution < 1.29 is 9.59 Å². The largest absolute Gasteiger partial charge is 0.366 e. The number of likely N-dealkylation sites (N-methyl/N-ethyl adjacent to an activating group) is 1. The Kier molecular flexibility index (Phi) is 4.44. The summed E-state index contributed by atoms with van der Waals surface area (Å²) in [5.74, 6) is -0.624. The molecule has 0 aliphatic carbocycles. The van der Waals surface area contributed by atoms with Crippen molar-refractivity contribution in [1.82, 2.24) is 25.4 Å². The van der Waals surface area contributed by atoms with Gasteiger partial charge in [-0.15, -0.1) is 5.10 Å². The van der Waals surface area contributed by atoms with E-state index in [9.17, 15) is 9.59 Å². The monoisotopic (exact) mass is 240 g/mol. The number of anilines is 1. The molecule has 1 aromatic rings. The number of aromatic nitrogens is 3. The second-order valence-corrected chi connectivity index (χ2v) is 3.55. The first-order valence-corrected chi connectivity index (χ1v) is 5.24. The van der Waals surface area contributed by atoms with Gasteiger partial charge in [0.25, 0.3) is 5.91 Å². The molecular formula is C9H16N6O2. The smallest absolute Gasteiger partial charge is 0.291 e.